The van der Waals surface area contributed by atoms with Gasteiger partial charge in [-0.15, -0.1) is 0 Å². The van der Waals surface area contributed by atoms with Crippen LogP contribution in [0.4, 0.5) is 10.5 Å². The first kappa shape index (κ1) is 22.4. The number of aromatic carboxylic acids is 1. The van der Waals surface area contributed by atoms with Gasteiger partial charge in [0.25, 0.3) is 0 Å². The number of rotatable bonds is 6. The Morgan fingerprint density at radius 1 is 1.00 bits per heavy atom. The molecule has 7 nitrogen and oxygen atoms in total. The monoisotopic (exact) mass is 464 g/mol. The summed E-state index contributed by atoms with van der Waals surface area (Å²) in [5.41, 5.74) is 4.54. The van der Waals surface area contributed by atoms with Crippen LogP contribution in [0.25, 0.3) is 11.1 Å². The number of hydrogen-bond donors (Lipinski definition) is 3. The first-order chi connectivity index (χ1) is 15.8. The second-order valence-electron chi connectivity index (χ2n) is 7.68. The van der Waals surface area contributed by atoms with Crippen molar-refractivity contribution < 1.29 is 24.2 Å². The van der Waals surface area contributed by atoms with Crippen LogP contribution < -0.4 is 10.6 Å². The molecule has 0 bridgehead atoms. The summed E-state index contributed by atoms with van der Waals surface area (Å²) < 4.78 is 5.45. The summed E-state index contributed by atoms with van der Waals surface area (Å²) in [6.45, 7) is 1.62. The number of carboxylic acids is 1. The number of benzene rings is 3. The van der Waals surface area contributed by atoms with Crippen molar-refractivity contribution in [3.8, 4) is 11.1 Å². The molecule has 3 aromatic carbocycles. The van der Waals surface area contributed by atoms with Crippen molar-refractivity contribution >= 4 is 35.3 Å². The molecule has 3 aromatic rings. The Morgan fingerprint density at radius 3 is 2.21 bits per heavy atom. The maximum Gasteiger partial charge on any atom is 0.407 e. The van der Waals surface area contributed by atoms with Gasteiger partial charge in [-0.1, -0.05) is 60.1 Å². The zero-order valence-electron chi connectivity index (χ0n) is 17.7. The molecule has 0 saturated carbocycles. The molecule has 0 aromatic heterocycles. The van der Waals surface area contributed by atoms with Crippen molar-refractivity contribution in [2.45, 2.75) is 18.9 Å². The highest BCUT2D eigenvalue weighted by Gasteiger charge is 2.29. The molecule has 168 valence electrons. The van der Waals surface area contributed by atoms with Gasteiger partial charge in [0.2, 0.25) is 5.91 Å². The molecule has 0 aliphatic heterocycles. The van der Waals surface area contributed by atoms with Crippen molar-refractivity contribution in [3.05, 3.63) is 88.4 Å². The van der Waals surface area contributed by atoms with Gasteiger partial charge in [0, 0.05) is 5.92 Å². The predicted molar refractivity (Wildman–Crippen MR) is 125 cm³/mol. The number of ether oxygens (including phenoxy) is 1. The van der Waals surface area contributed by atoms with Crippen LogP contribution in [0.15, 0.2) is 66.7 Å². The zero-order chi connectivity index (χ0) is 23.5. The van der Waals surface area contributed by atoms with Crippen LogP contribution in [-0.2, 0) is 9.53 Å². The zero-order valence-corrected chi connectivity index (χ0v) is 18.4. The Hall–Kier alpha value is -3.84. The van der Waals surface area contributed by atoms with Crippen LogP contribution in [-0.4, -0.2) is 35.7 Å². The Balaban J connectivity index is 1.37. The first-order valence-electron chi connectivity index (χ1n) is 10.3. The van der Waals surface area contributed by atoms with Crippen molar-refractivity contribution in [2.75, 3.05) is 11.9 Å². The molecule has 0 radical (unpaired) electrons. The number of nitrogens with one attached hydrogen (secondary N) is 2. The lowest BCUT2D eigenvalue weighted by Gasteiger charge is -2.17. The number of alkyl carbamates (subject to hydrolysis) is 1. The first-order valence-corrected chi connectivity index (χ1v) is 10.7. The summed E-state index contributed by atoms with van der Waals surface area (Å²) in [7, 11) is 0. The lowest BCUT2D eigenvalue weighted by molar-refractivity contribution is -0.117. The van der Waals surface area contributed by atoms with Crippen molar-refractivity contribution in [1.82, 2.24) is 5.32 Å². The lowest BCUT2D eigenvalue weighted by atomic mass is 9.98. The summed E-state index contributed by atoms with van der Waals surface area (Å²) in [6.07, 6.45) is -0.732. The van der Waals surface area contributed by atoms with E-state index in [-0.39, 0.29) is 28.8 Å². The largest absolute Gasteiger partial charge is 0.478 e. The van der Waals surface area contributed by atoms with Gasteiger partial charge in [-0.2, -0.15) is 0 Å². The van der Waals surface area contributed by atoms with E-state index >= 15 is 0 Å². The van der Waals surface area contributed by atoms with E-state index in [1.807, 2.05) is 48.5 Å². The molecule has 1 aliphatic rings. The SMILES string of the molecule is C[C@H](NC(=O)OCC1c2ccccc2-c2ccccc21)C(=O)Nc1cc(C(=O)O)ccc1Cl. The third kappa shape index (κ3) is 4.68. The van der Waals surface area contributed by atoms with Gasteiger partial charge in [0.05, 0.1) is 16.3 Å². The molecule has 4 rings (SSSR count). The summed E-state index contributed by atoms with van der Waals surface area (Å²) in [6, 6.07) is 19.0. The average molecular weight is 465 g/mol. The average Bonchev–Trinajstić information content (AvgIpc) is 3.12. The van der Waals surface area contributed by atoms with Crippen LogP contribution >= 0.6 is 11.6 Å². The van der Waals surface area contributed by atoms with Crippen molar-refractivity contribution in [2.24, 2.45) is 0 Å². The van der Waals surface area contributed by atoms with Gasteiger partial charge >= 0.3 is 12.1 Å². The number of hydrogen-bond acceptors (Lipinski definition) is 4. The summed E-state index contributed by atoms with van der Waals surface area (Å²) in [5, 5.41) is 14.3. The van der Waals surface area contributed by atoms with Gasteiger partial charge < -0.3 is 20.5 Å². The van der Waals surface area contributed by atoms with E-state index in [2.05, 4.69) is 10.6 Å². The quantitative estimate of drug-likeness (QED) is 0.481. The molecule has 0 saturated heterocycles. The highest BCUT2D eigenvalue weighted by molar-refractivity contribution is 6.34. The highest BCUT2D eigenvalue weighted by atomic mass is 35.5. The second kappa shape index (κ2) is 9.34. The van der Waals surface area contributed by atoms with Crippen LogP contribution in [0.1, 0.15) is 34.3 Å². The summed E-state index contributed by atoms with van der Waals surface area (Å²) in [4.78, 5) is 36.0. The minimum Gasteiger partial charge on any atom is -0.478 e. The molecule has 8 heteroatoms. The summed E-state index contributed by atoms with van der Waals surface area (Å²) >= 11 is 6.04. The van der Waals surface area contributed by atoms with E-state index in [1.165, 1.54) is 25.1 Å². The maximum absolute atomic E-state index is 12.5. The van der Waals surface area contributed by atoms with E-state index in [1.54, 1.807) is 0 Å². The van der Waals surface area contributed by atoms with Crippen LogP contribution in [0.2, 0.25) is 5.02 Å². The van der Waals surface area contributed by atoms with Crippen molar-refractivity contribution in [3.63, 3.8) is 0 Å². The van der Waals surface area contributed by atoms with Gasteiger partial charge in [-0.3, -0.25) is 4.79 Å². The Bertz CT molecular complexity index is 1200. The molecule has 0 fully saturated rings. The lowest BCUT2D eigenvalue weighted by Crippen LogP contribution is -2.42. The molecule has 1 aliphatic carbocycles. The van der Waals surface area contributed by atoms with E-state index in [0.717, 1.165) is 22.3 Å². The molecule has 0 unspecified atom stereocenters. The second-order valence-corrected chi connectivity index (χ2v) is 8.09. The molecule has 2 amide bonds. The summed E-state index contributed by atoms with van der Waals surface area (Å²) in [5.74, 6) is -1.80. The molecular weight excluding hydrogens is 444 g/mol. The fraction of sp³-hybridized carbons (Fsp3) is 0.160. The minimum absolute atomic E-state index is 0.0214. The highest BCUT2D eigenvalue weighted by Crippen LogP contribution is 2.44. The standard InChI is InChI=1S/C25H21ClN2O5/c1-14(23(29)28-22-12-15(24(30)31)10-11-21(22)26)27-25(32)33-13-20-18-8-4-2-6-16(18)17-7-3-5-9-19(17)20/h2-12,14,20H,13H2,1H3,(H,27,32)(H,28,29)(H,30,31)/t14-/m0/s1. The van der Waals surface area contributed by atoms with Gasteiger partial charge in [-0.05, 0) is 47.4 Å². The van der Waals surface area contributed by atoms with E-state index < -0.39 is 24.0 Å². The molecule has 3 N–H and O–H groups in total. The Labute approximate surface area is 195 Å². The molecular formula is C25H21ClN2O5. The number of fused-ring (bicyclic) bond motifs is 3. The van der Waals surface area contributed by atoms with E-state index in [9.17, 15) is 14.4 Å². The Kier molecular flexibility index (Phi) is 6.33. The normalized spacial score (nSPS) is 12.9. The topological polar surface area (TPSA) is 105 Å². The van der Waals surface area contributed by atoms with Gasteiger partial charge in [0.15, 0.2) is 0 Å². The number of carbonyl (C=O) groups is 3. The van der Waals surface area contributed by atoms with Crippen LogP contribution in [0, 0.1) is 0 Å². The molecule has 0 spiro atoms. The molecule has 1 atom stereocenters. The number of amides is 2. The third-order valence-corrected chi connectivity index (χ3v) is 5.87. The Morgan fingerprint density at radius 2 is 1.61 bits per heavy atom. The number of halogens is 1. The fourth-order valence-corrected chi connectivity index (χ4v) is 4.04. The maximum atomic E-state index is 12.5. The number of anilines is 1. The van der Waals surface area contributed by atoms with Crippen LogP contribution in [0.5, 0.6) is 0 Å². The predicted octanol–water partition coefficient (Wildman–Crippen LogP) is 4.90. The van der Waals surface area contributed by atoms with Gasteiger partial charge in [-0.25, -0.2) is 9.59 Å². The molecule has 0 heterocycles. The number of carbonyl (C=O) groups excluding carboxylic acids is 2. The van der Waals surface area contributed by atoms with E-state index in [0.29, 0.717) is 0 Å². The fourth-order valence-electron chi connectivity index (χ4n) is 3.88. The van der Waals surface area contributed by atoms with E-state index in [4.69, 9.17) is 21.4 Å². The number of carboxylic acid groups (broad SMARTS) is 1. The van der Waals surface area contributed by atoms with Crippen LogP contribution in [0.3, 0.4) is 0 Å². The minimum atomic E-state index is -1.15. The van der Waals surface area contributed by atoms with Crippen molar-refractivity contribution in [1.29, 1.82) is 0 Å². The molecule has 33 heavy (non-hydrogen) atoms. The van der Waals surface area contributed by atoms with Gasteiger partial charge in [0.1, 0.15) is 12.6 Å². The third-order valence-electron chi connectivity index (χ3n) is 5.54. The smallest absolute Gasteiger partial charge is 0.407 e.